The molecule has 0 N–H and O–H groups in total. The summed E-state index contributed by atoms with van der Waals surface area (Å²) < 4.78 is 1.35. The molecule has 0 saturated heterocycles. The van der Waals surface area contributed by atoms with Gasteiger partial charge in [-0.05, 0) is 46.7 Å². The van der Waals surface area contributed by atoms with Gasteiger partial charge in [0.25, 0.3) is 0 Å². The molecule has 0 bridgehead atoms. The third kappa shape index (κ3) is 2.95. The number of halogens is 1. The molecule has 0 fully saturated rings. The fourth-order valence-corrected chi connectivity index (χ4v) is 3.77. The van der Waals surface area contributed by atoms with Gasteiger partial charge in [-0.2, -0.15) is 0 Å². The van der Waals surface area contributed by atoms with Crippen molar-refractivity contribution in [1.29, 1.82) is 0 Å². The van der Waals surface area contributed by atoms with Gasteiger partial charge in [-0.15, -0.1) is 6.58 Å². The Morgan fingerprint density at radius 2 is 2.15 bits per heavy atom. The average Bonchev–Trinajstić information content (AvgIpc) is 2.08. The van der Waals surface area contributed by atoms with Crippen molar-refractivity contribution in [2.24, 2.45) is 0 Å². The van der Waals surface area contributed by atoms with Crippen LogP contribution >= 0.6 is 22.6 Å². The molecule has 1 rings (SSSR count). The van der Waals surface area contributed by atoms with Gasteiger partial charge in [0.1, 0.15) is 0 Å². The molecule has 0 aliphatic heterocycles. The molecule has 0 spiro atoms. The lowest BCUT2D eigenvalue weighted by molar-refractivity contribution is 1.29. The van der Waals surface area contributed by atoms with E-state index in [1.807, 2.05) is 6.08 Å². The predicted molar refractivity (Wildman–Crippen MR) is 71.6 cm³/mol. The molecule has 13 heavy (non-hydrogen) atoms. The summed E-state index contributed by atoms with van der Waals surface area (Å²) in [5.41, 5.74) is 1.47. The van der Waals surface area contributed by atoms with Crippen molar-refractivity contribution in [2.75, 3.05) is 0 Å². The SMILES string of the molecule is C=CCc1ccc(I)cc1[SiH](C)C. The molecular formula is C11H15ISi. The van der Waals surface area contributed by atoms with Gasteiger partial charge < -0.3 is 0 Å². The lowest BCUT2D eigenvalue weighted by Gasteiger charge is -2.10. The molecule has 0 atom stereocenters. The van der Waals surface area contributed by atoms with Crippen molar-refractivity contribution in [3.63, 3.8) is 0 Å². The summed E-state index contributed by atoms with van der Waals surface area (Å²) >= 11 is 2.38. The lowest BCUT2D eigenvalue weighted by Crippen LogP contribution is -2.26. The Hall–Kier alpha value is -0.0931. The minimum absolute atomic E-state index is 0.680. The maximum atomic E-state index is 3.79. The highest BCUT2D eigenvalue weighted by atomic mass is 127. The predicted octanol–water partition coefficient (Wildman–Crippen LogP) is 2.71. The van der Waals surface area contributed by atoms with E-state index in [4.69, 9.17) is 0 Å². The molecule has 2 heteroatoms. The van der Waals surface area contributed by atoms with Gasteiger partial charge >= 0.3 is 0 Å². The molecule has 0 saturated carbocycles. The van der Waals surface area contributed by atoms with E-state index in [2.05, 4.69) is 60.5 Å². The number of benzene rings is 1. The van der Waals surface area contributed by atoms with Crippen molar-refractivity contribution in [1.82, 2.24) is 0 Å². The first kappa shape index (κ1) is 11.0. The quantitative estimate of drug-likeness (QED) is 0.457. The minimum Gasteiger partial charge on any atom is -0.103 e. The van der Waals surface area contributed by atoms with Gasteiger partial charge in [-0.25, -0.2) is 0 Å². The minimum atomic E-state index is -0.680. The molecule has 0 heterocycles. The van der Waals surface area contributed by atoms with Crippen LogP contribution in [0.3, 0.4) is 0 Å². The molecule has 70 valence electrons. The van der Waals surface area contributed by atoms with Crippen molar-refractivity contribution in [3.05, 3.63) is 40.0 Å². The van der Waals surface area contributed by atoms with E-state index in [1.54, 1.807) is 5.19 Å². The van der Waals surface area contributed by atoms with Crippen LogP contribution in [0, 0.1) is 3.57 Å². The van der Waals surface area contributed by atoms with Crippen molar-refractivity contribution in [3.8, 4) is 0 Å². The average molecular weight is 302 g/mol. The Labute approximate surface area is 95.8 Å². The maximum Gasteiger partial charge on any atom is 0.0651 e. The summed E-state index contributed by atoms with van der Waals surface area (Å²) in [6.45, 7) is 8.54. The standard InChI is InChI=1S/C11H15ISi/c1-4-5-9-6-7-10(12)8-11(9)13(2)3/h4,6-8,13H,1,5H2,2-3H3. The third-order valence-electron chi connectivity index (χ3n) is 2.09. The summed E-state index contributed by atoms with van der Waals surface area (Å²) in [6, 6.07) is 6.75. The highest BCUT2D eigenvalue weighted by Gasteiger charge is 2.06. The zero-order chi connectivity index (χ0) is 9.84. The van der Waals surface area contributed by atoms with Crippen molar-refractivity contribution < 1.29 is 0 Å². The van der Waals surface area contributed by atoms with E-state index in [1.165, 1.54) is 9.13 Å². The normalized spacial score (nSPS) is 10.5. The first-order valence-corrected chi connectivity index (χ1v) is 8.51. The van der Waals surface area contributed by atoms with Gasteiger partial charge in [0.2, 0.25) is 0 Å². The summed E-state index contributed by atoms with van der Waals surface area (Å²) in [6.07, 6.45) is 3.00. The Balaban J connectivity index is 3.10. The number of rotatable bonds is 3. The molecule has 0 radical (unpaired) electrons. The second-order valence-corrected chi connectivity index (χ2v) is 7.67. The van der Waals surface area contributed by atoms with Gasteiger partial charge in [-0.3, -0.25) is 0 Å². The van der Waals surface area contributed by atoms with Crippen LogP contribution in [0.2, 0.25) is 13.1 Å². The van der Waals surface area contributed by atoms with Crippen molar-refractivity contribution in [2.45, 2.75) is 19.5 Å². The van der Waals surface area contributed by atoms with E-state index in [9.17, 15) is 0 Å². The van der Waals surface area contributed by atoms with Crippen LogP contribution in [0.25, 0.3) is 0 Å². The van der Waals surface area contributed by atoms with Crippen LogP contribution < -0.4 is 5.19 Å². The van der Waals surface area contributed by atoms with Crippen LogP contribution in [-0.4, -0.2) is 8.80 Å². The van der Waals surface area contributed by atoms with Gasteiger partial charge in [0.05, 0.1) is 8.80 Å². The summed E-state index contributed by atoms with van der Waals surface area (Å²) in [5.74, 6) is 0. The monoisotopic (exact) mass is 302 g/mol. The second-order valence-electron chi connectivity index (χ2n) is 3.49. The van der Waals surface area contributed by atoms with Gasteiger partial charge in [-0.1, -0.05) is 30.4 Å². The van der Waals surface area contributed by atoms with Gasteiger partial charge in [0, 0.05) is 3.57 Å². The zero-order valence-electron chi connectivity index (χ0n) is 8.18. The third-order valence-corrected chi connectivity index (χ3v) is 4.55. The largest absolute Gasteiger partial charge is 0.103 e. The molecule has 0 amide bonds. The molecule has 0 unspecified atom stereocenters. The second kappa shape index (κ2) is 4.96. The van der Waals surface area contributed by atoms with E-state index < -0.39 is 8.80 Å². The fourth-order valence-electron chi connectivity index (χ4n) is 1.44. The topological polar surface area (TPSA) is 0 Å². The van der Waals surface area contributed by atoms with E-state index in [0.29, 0.717) is 0 Å². The molecular weight excluding hydrogens is 287 g/mol. The first-order valence-electron chi connectivity index (χ1n) is 4.54. The Bertz CT molecular complexity index is 305. The van der Waals surface area contributed by atoms with E-state index in [0.717, 1.165) is 6.42 Å². The molecule has 1 aromatic carbocycles. The smallest absolute Gasteiger partial charge is 0.0651 e. The van der Waals surface area contributed by atoms with E-state index >= 15 is 0 Å². The molecule has 0 aromatic heterocycles. The number of allylic oxidation sites excluding steroid dienone is 1. The maximum absolute atomic E-state index is 3.79. The number of hydrogen-bond donors (Lipinski definition) is 0. The highest BCUT2D eigenvalue weighted by Crippen LogP contribution is 2.07. The highest BCUT2D eigenvalue weighted by molar-refractivity contribution is 14.1. The van der Waals surface area contributed by atoms with Crippen LogP contribution in [-0.2, 0) is 6.42 Å². The summed E-state index contributed by atoms with van der Waals surface area (Å²) in [4.78, 5) is 0. The van der Waals surface area contributed by atoms with Crippen LogP contribution in [0.15, 0.2) is 30.9 Å². The number of hydrogen-bond acceptors (Lipinski definition) is 0. The van der Waals surface area contributed by atoms with Crippen LogP contribution in [0.5, 0.6) is 0 Å². The molecule has 0 aliphatic carbocycles. The fraction of sp³-hybridized carbons (Fsp3) is 0.273. The molecule has 1 aromatic rings. The van der Waals surface area contributed by atoms with Crippen molar-refractivity contribution >= 4 is 36.6 Å². The van der Waals surface area contributed by atoms with Crippen LogP contribution in [0.4, 0.5) is 0 Å². The van der Waals surface area contributed by atoms with Crippen LogP contribution in [0.1, 0.15) is 5.56 Å². The molecule has 0 aliphatic rings. The molecule has 0 nitrogen and oxygen atoms in total. The first-order chi connectivity index (χ1) is 6.15. The Morgan fingerprint density at radius 3 is 2.69 bits per heavy atom. The Kier molecular flexibility index (Phi) is 4.19. The van der Waals surface area contributed by atoms with E-state index in [-0.39, 0.29) is 0 Å². The summed E-state index contributed by atoms with van der Waals surface area (Å²) in [5, 5.41) is 1.59. The van der Waals surface area contributed by atoms with Gasteiger partial charge in [0.15, 0.2) is 0 Å². The summed E-state index contributed by atoms with van der Waals surface area (Å²) in [7, 11) is -0.680. The Morgan fingerprint density at radius 1 is 1.46 bits per heavy atom. The lowest BCUT2D eigenvalue weighted by atomic mass is 10.1. The zero-order valence-corrected chi connectivity index (χ0v) is 11.5.